The van der Waals surface area contributed by atoms with E-state index in [-0.39, 0.29) is 0 Å². The second-order valence-electron chi connectivity index (χ2n) is 3.87. The van der Waals surface area contributed by atoms with Gasteiger partial charge in [-0.1, -0.05) is 6.92 Å². The van der Waals surface area contributed by atoms with Gasteiger partial charge in [-0.15, -0.1) is 0 Å². The Morgan fingerprint density at radius 3 is 2.83 bits per heavy atom. The molecule has 0 heterocycles. The Kier molecular flexibility index (Phi) is 5.08. The maximum absolute atomic E-state index is 3.53. The van der Waals surface area contributed by atoms with E-state index in [4.69, 9.17) is 0 Å². The summed E-state index contributed by atoms with van der Waals surface area (Å²) in [5.41, 5.74) is 0. The minimum atomic E-state index is 0.916. The molecule has 1 saturated carbocycles. The van der Waals surface area contributed by atoms with Crippen LogP contribution in [0.4, 0.5) is 0 Å². The van der Waals surface area contributed by atoms with Gasteiger partial charge in [-0.25, -0.2) is 0 Å². The Labute approximate surface area is 80.7 Å². The molecule has 1 fully saturated rings. The summed E-state index contributed by atoms with van der Waals surface area (Å²) >= 11 is 1.94. The van der Waals surface area contributed by atoms with E-state index in [1.54, 1.807) is 0 Å². The average Bonchev–Trinajstić information content (AvgIpc) is 2.86. The molecule has 0 aliphatic heterocycles. The molecule has 72 valence electrons. The van der Waals surface area contributed by atoms with Gasteiger partial charge in [0.05, 0.1) is 0 Å². The standard InChI is InChI=1S/C10H21NS/c1-9(10-4-5-10)8-11-6-3-7-12-2/h9-11H,3-8H2,1-2H3. The summed E-state index contributed by atoms with van der Waals surface area (Å²) in [6.45, 7) is 4.82. The van der Waals surface area contributed by atoms with Crippen LogP contribution in [-0.4, -0.2) is 25.1 Å². The first kappa shape index (κ1) is 10.4. The Hall–Kier alpha value is 0.310. The average molecular weight is 187 g/mol. The van der Waals surface area contributed by atoms with E-state index in [1.807, 2.05) is 11.8 Å². The molecular weight excluding hydrogens is 166 g/mol. The van der Waals surface area contributed by atoms with Gasteiger partial charge in [-0.05, 0) is 56.2 Å². The Balaban J connectivity index is 1.81. The SMILES string of the molecule is CSCCCNCC(C)C1CC1. The summed E-state index contributed by atoms with van der Waals surface area (Å²) in [7, 11) is 0. The third kappa shape index (κ3) is 4.36. The Bertz CT molecular complexity index is 112. The third-order valence-corrected chi connectivity index (χ3v) is 3.29. The highest BCUT2D eigenvalue weighted by atomic mass is 32.2. The second kappa shape index (κ2) is 5.87. The van der Waals surface area contributed by atoms with Crippen LogP contribution in [-0.2, 0) is 0 Å². The van der Waals surface area contributed by atoms with Crippen molar-refractivity contribution in [3.05, 3.63) is 0 Å². The zero-order chi connectivity index (χ0) is 8.81. The number of hydrogen-bond donors (Lipinski definition) is 1. The van der Waals surface area contributed by atoms with Crippen LogP contribution in [0.25, 0.3) is 0 Å². The first-order chi connectivity index (χ1) is 5.84. The van der Waals surface area contributed by atoms with Crippen LogP contribution in [0.5, 0.6) is 0 Å². The largest absolute Gasteiger partial charge is 0.316 e. The van der Waals surface area contributed by atoms with Gasteiger partial charge in [0.15, 0.2) is 0 Å². The molecule has 0 bridgehead atoms. The molecule has 1 nitrogen and oxygen atoms in total. The smallest absolute Gasteiger partial charge is 0.00205 e. The van der Waals surface area contributed by atoms with Crippen molar-refractivity contribution in [2.45, 2.75) is 26.2 Å². The number of hydrogen-bond acceptors (Lipinski definition) is 2. The van der Waals surface area contributed by atoms with Crippen LogP contribution < -0.4 is 5.32 Å². The summed E-state index contributed by atoms with van der Waals surface area (Å²) in [4.78, 5) is 0. The lowest BCUT2D eigenvalue weighted by atomic mass is 10.1. The van der Waals surface area contributed by atoms with E-state index < -0.39 is 0 Å². The normalized spacial score (nSPS) is 19.5. The van der Waals surface area contributed by atoms with E-state index in [0.717, 1.165) is 11.8 Å². The van der Waals surface area contributed by atoms with Crippen LogP contribution in [0.3, 0.4) is 0 Å². The molecule has 1 N–H and O–H groups in total. The number of nitrogens with one attached hydrogen (secondary N) is 1. The minimum absolute atomic E-state index is 0.916. The summed E-state index contributed by atoms with van der Waals surface area (Å²) in [5.74, 6) is 3.27. The van der Waals surface area contributed by atoms with Crippen LogP contribution in [0.1, 0.15) is 26.2 Å². The van der Waals surface area contributed by atoms with E-state index in [9.17, 15) is 0 Å². The molecule has 1 aliphatic rings. The van der Waals surface area contributed by atoms with Gasteiger partial charge in [0, 0.05) is 0 Å². The maximum atomic E-state index is 3.53. The molecule has 1 aliphatic carbocycles. The van der Waals surface area contributed by atoms with E-state index in [0.29, 0.717) is 0 Å². The van der Waals surface area contributed by atoms with E-state index in [2.05, 4.69) is 18.5 Å². The molecule has 12 heavy (non-hydrogen) atoms. The molecule has 0 spiro atoms. The van der Waals surface area contributed by atoms with E-state index >= 15 is 0 Å². The zero-order valence-corrected chi connectivity index (χ0v) is 9.12. The lowest BCUT2D eigenvalue weighted by Gasteiger charge is -2.10. The van der Waals surface area contributed by atoms with Crippen LogP contribution >= 0.6 is 11.8 Å². The van der Waals surface area contributed by atoms with Crippen molar-refractivity contribution < 1.29 is 0 Å². The van der Waals surface area contributed by atoms with Gasteiger partial charge in [0.1, 0.15) is 0 Å². The lowest BCUT2D eigenvalue weighted by molar-refractivity contribution is 0.463. The predicted molar refractivity (Wildman–Crippen MR) is 57.8 cm³/mol. The van der Waals surface area contributed by atoms with Gasteiger partial charge in [-0.3, -0.25) is 0 Å². The van der Waals surface area contributed by atoms with Crippen molar-refractivity contribution in [1.82, 2.24) is 5.32 Å². The second-order valence-corrected chi connectivity index (χ2v) is 4.85. The van der Waals surface area contributed by atoms with Crippen molar-refractivity contribution in [3.63, 3.8) is 0 Å². The summed E-state index contributed by atoms with van der Waals surface area (Å²) in [5, 5.41) is 3.53. The van der Waals surface area contributed by atoms with Crippen LogP contribution in [0, 0.1) is 11.8 Å². The molecular formula is C10H21NS. The molecule has 0 aromatic rings. The van der Waals surface area contributed by atoms with Gasteiger partial charge in [-0.2, -0.15) is 11.8 Å². The third-order valence-electron chi connectivity index (χ3n) is 2.60. The number of rotatable bonds is 7. The van der Waals surface area contributed by atoms with Gasteiger partial charge in [0.25, 0.3) is 0 Å². The molecule has 1 unspecified atom stereocenters. The molecule has 0 amide bonds. The topological polar surface area (TPSA) is 12.0 Å². The summed E-state index contributed by atoms with van der Waals surface area (Å²) < 4.78 is 0. The van der Waals surface area contributed by atoms with Crippen molar-refractivity contribution >= 4 is 11.8 Å². The van der Waals surface area contributed by atoms with Crippen molar-refractivity contribution in [1.29, 1.82) is 0 Å². The first-order valence-corrected chi connectivity index (χ1v) is 6.43. The van der Waals surface area contributed by atoms with Gasteiger partial charge < -0.3 is 5.32 Å². The Morgan fingerprint density at radius 2 is 2.25 bits per heavy atom. The highest BCUT2D eigenvalue weighted by Gasteiger charge is 2.27. The predicted octanol–water partition coefficient (Wildman–Crippen LogP) is 2.38. The molecule has 0 aromatic heterocycles. The minimum Gasteiger partial charge on any atom is -0.316 e. The number of thioether (sulfide) groups is 1. The fraction of sp³-hybridized carbons (Fsp3) is 1.00. The van der Waals surface area contributed by atoms with Gasteiger partial charge in [0.2, 0.25) is 0 Å². The van der Waals surface area contributed by atoms with Crippen molar-refractivity contribution in [2.75, 3.05) is 25.1 Å². The van der Waals surface area contributed by atoms with Crippen LogP contribution in [0.15, 0.2) is 0 Å². The molecule has 2 heteroatoms. The van der Waals surface area contributed by atoms with Crippen molar-refractivity contribution in [3.8, 4) is 0 Å². The monoisotopic (exact) mass is 187 g/mol. The zero-order valence-electron chi connectivity index (χ0n) is 8.31. The highest BCUT2D eigenvalue weighted by Crippen LogP contribution is 2.35. The quantitative estimate of drug-likeness (QED) is 0.614. The van der Waals surface area contributed by atoms with Gasteiger partial charge >= 0.3 is 0 Å². The molecule has 0 radical (unpaired) electrons. The Morgan fingerprint density at radius 1 is 1.50 bits per heavy atom. The van der Waals surface area contributed by atoms with E-state index in [1.165, 1.54) is 38.1 Å². The molecule has 0 aromatic carbocycles. The fourth-order valence-corrected chi connectivity index (χ4v) is 1.94. The molecule has 1 rings (SSSR count). The first-order valence-electron chi connectivity index (χ1n) is 5.04. The van der Waals surface area contributed by atoms with Crippen molar-refractivity contribution in [2.24, 2.45) is 11.8 Å². The fourth-order valence-electron chi connectivity index (χ4n) is 1.50. The highest BCUT2D eigenvalue weighted by molar-refractivity contribution is 7.98. The summed E-state index contributed by atoms with van der Waals surface area (Å²) in [6, 6.07) is 0. The maximum Gasteiger partial charge on any atom is -0.00205 e. The molecule has 0 saturated heterocycles. The molecule has 1 atom stereocenters. The lowest BCUT2D eigenvalue weighted by Crippen LogP contribution is -2.23. The van der Waals surface area contributed by atoms with Crippen LogP contribution in [0.2, 0.25) is 0 Å². The summed E-state index contributed by atoms with van der Waals surface area (Å²) in [6.07, 6.45) is 6.45.